The van der Waals surface area contributed by atoms with E-state index in [1.807, 2.05) is 44.2 Å². The molecule has 0 saturated carbocycles. The van der Waals surface area contributed by atoms with Crippen LogP contribution in [0.15, 0.2) is 36.5 Å². The molecule has 1 aromatic rings. The Bertz CT molecular complexity index is 355. The molecule has 0 saturated heterocycles. The highest BCUT2D eigenvalue weighted by Gasteiger charge is 2.06. The first-order chi connectivity index (χ1) is 7.11. The maximum atomic E-state index is 11.2. The van der Waals surface area contributed by atoms with Crippen molar-refractivity contribution >= 4 is 11.5 Å². The second-order valence-corrected chi connectivity index (χ2v) is 3.61. The van der Waals surface area contributed by atoms with Crippen LogP contribution in [0.2, 0.25) is 0 Å². The highest BCUT2D eigenvalue weighted by Crippen LogP contribution is 2.12. The first-order valence-corrected chi connectivity index (χ1v) is 4.92. The van der Waals surface area contributed by atoms with Crippen LogP contribution in [0.25, 0.3) is 5.57 Å². The summed E-state index contributed by atoms with van der Waals surface area (Å²) >= 11 is 0. The van der Waals surface area contributed by atoms with Crippen LogP contribution in [0.5, 0.6) is 0 Å². The summed E-state index contributed by atoms with van der Waals surface area (Å²) in [6, 6.07) is 9.65. The van der Waals surface area contributed by atoms with Gasteiger partial charge in [0.25, 0.3) is 5.91 Å². The summed E-state index contributed by atoms with van der Waals surface area (Å²) in [5, 5.41) is 3.06. The van der Waals surface area contributed by atoms with E-state index in [2.05, 4.69) is 5.32 Å². The summed E-state index contributed by atoms with van der Waals surface area (Å²) in [5.74, 6) is -0.422. The molecule has 0 atom stereocenters. The Morgan fingerprint density at radius 1 is 1.33 bits per heavy atom. The molecule has 0 aromatic heterocycles. The Kier molecular flexibility index (Phi) is 3.92. The highest BCUT2D eigenvalue weighted by atomic mass is 16.1. The van der Waals surface area contributed by atoms with Crippen LogP contribution in [-0.4, -0.2) is 11.9 Å². The molecule has 0 aliphatic carbocycles. The smallest absolute Gasteiger partial charge is 0.250 e. The summed E-state index contributed by atoms with van der Waals surface area (Å²) in [5.41, 5.74) is 6.64. The molecule has 3 heteroatoms. The van der Waals surface area contributed by atoms with Crippen molar-refractivity contribution in [1.82, 2.24) is 5.32 Å². The molecule has 0 spiro atoms. The van der Waals surface area contributed by atoms with E-state index in [9.17, 15) is 4.79 Å². The third kappa shape index (κ3) is 3.46. The Labute approximate surface area is 90.0 Å². The van der Waals surface area contributed by atoms with Gasteiger partial charge in [0.2, 0.25) is 0 Å². The Morgan fingerprint density at radius 3 is 2.40 bits per heavy atom. The van der Waals surface area contributed by atoms with Gasteiger partial charge in [-0.15, -0.1) is 0 Å². The third-order valence-electron chi connectivity index (χ3n) is 1.91. The molecule has 1 amide bonds. The van der Waals surface area contributed by atoms with Crippen LogP contribution in [0.3, 0.4) is 0 Å². The quantitative estimate of drug-likeness (QED) is 0.730. The number of amides is 1. The fraction of sp³-hybridized carbons (Fsp3) is 0.250. The van der Waals surface area contributed by atoms with Crippen molar-refractivity contribution in [3.05, 3.63) is 42.1 Å². The van der Waals surface area contributed by atoms with Crippen molar-refractivity contribution in [3.63, 3.8) is 0 Å². The number of nitrogens with one attached hydrogen (secondary N) is 1. The number of benzene rings is 1. The maximum absolute atomic E-state index is 11.2. The molecule has 0 fully saturated rings. The fourth-order valence-electron chi connectivity index (χ4n) is 1.16. The van der Waals surface area contributed by atoms with E-state index in [0.717, 1.165) is 5.56 Å². The minimum absolute atomic E-state index is 0.281. The van der Waals surface area contributed by atoms with Gasteiger partial charge in [-0.05, 0) is 19.4 Å². The minimum Gasteiger partial charge on any atom is -0.388 e. The Balaban J connectivity index is 2.94. The maximum Gasteiger partial charge on any atom is 0.250 e. The van der Waals surface area contributed by atoms with E-state index >= 15 is 0 Å². The van der Waals surface area contributed by atoms with Gasteiger partial charge in [-0.1, -0.05) is 30.3 Å². The SMILES string of the molecule is CC(C)N/C=C(\C(N)=O)c1ccccc1. The molecule has 1 aromatic carbocycles. The highest BCUT2D eigenvalue weighted by molar-refractivity contribution is 6.18. The second-order valence-electron chi connectivity index (χ2n) is 3.61. The lowest BCUT2D eigenvalue weighted by atomic mass is 10.1. The van der Waals surface area contributed by atoms with Gasteiger partial charge in [-0.3, -0.25) is 4.79 Å². The number of nitrogens with two attached hydrogens (primary N) is 1. The summed E-state index contributed by atoms with van der Waals surface area (Å²) in [6.07, 6.45) is 1.67. The third-order valence-corrected chi connectivity index (χ3v) is 1.91. The van der Waals surface area contributed by atoms with E-state index in [4.69, 9.17) is 5.73 Å². The molecule has 15 heavy (non-hydrogen) atoms. The van der Waals surface area contributed by atoms with Gasteiger partial charge in [-0.25, -0.2) is 0 Å². The summed E-state index contributed by atoms with van der Waals surface area (Å²) in [4.78, 5) is 11.2. The van der Waals surface area contributed by atoms with Gasteiger partial charge in [0.05, 0.1) is 5.57 Å². The number of hydrogen-bond acceptors (Lipinski definition) is 2. The standard InChI is InChI=1S/C12H16N2O/c1-9(2)14-8-11(12(13)15)10-6-4-3-5-7-10/h3-9,14H,1-2H3,(H2,13,15)/b11-8-. The molecule has 1 rings (SSSR count). The number of carbonyl (C=O) groups excluding carboxylic acids is 1. The zero-order chi connectivity index (χ0) is 11.3. The van der Waals surface area contributed by atoms with Gasteiger partial charge in [-0.2, -0.15) is 0 Å². The first-order valence-electron chi connectivity index (χ1n) is 4.92. The van der Waals surface area contributed by atoms with Crippen molar-refractivity contribution in [1.29, 1.82) is 0 Å². The van der Waals surface area contributed by atoms with Crippen LogP contribution in [-0.2, 0) is 4.79 Å². The molecule has 0 heterocycles. The van der Waals surface area contributed by atoms with E-state index in [-0.39, 0.29) is 6.04 Å². The van der Waals surface area contributed by atoms with Crippen LogP contribution in [0.1, 0.15) is 19.4 Å². The molecular weight excluding hydrogens is 188 g/mol. The normalized spacial score (nSPS) is 11.5. The van der Waals surface area contributed by atoms with Gasteiger partial charge in [0, 0.05) is 12.2 Å². The minimum atomic E-state index is -0.422. The lowest BCUT2D eigenvalue weighted by Crippen LogP contribution is -2.20. The van der Waals surface area contributed by atoms with E-state index in [0.29, 0.717) is 5.57 Å². The Morgan fingerprint density at radius 2 is 1.93 bits per heavy atom. The van der Waals surface area contributed by atoms with Crippen LogP contribution < -0.4 is 11.1 Å². The van der Waals surface area contributed by atoms with Crippen molar-refractivity contribution < 1.29 is 4.79 Å². The van der Waals surface area contributed by atoms with Crippen molar-refractivity contribution in [3.8, 4) is 0 Å². The van der Waals surface area contributed by atoms with E-state index in [1.165, 1.54) is 0 Å². The topological polar surface area (TPSA) is 55.1 Å². The Hall–Kier alpha value is -1.77. The predicted molar refractivity (Wildman–Crippen MR) is 61.9 cm³/mol. The van der Waals surface area contributed by atoms with Crippen molar-refractivity contribution in [2.45, 2.75) is 19.9 Å². The van der Waals surface area contributed by atoms with Crippen LogP contribution in [0.4, 0.5) is 0 Å². The number of carbonyl (C=O) groups is 1. The summed E-state index contributed by atoms with van der Waals surface area (Å²) in [6.45, 7) is 4.00. The predicted octanol–water partition coefficient (Wildman–Crippen LogP) is 1.51. The molecule has 3 nitrogen and oxygen atoms in total. The molecule has 80 valence electrons. The average molecular weight is 204 g/mol. The largest absolute Gasteiger partial charge is 0.388 e. The monoisotopic (exact) mass is 204 g/mol. The number of rotatable bonds is 4. The first kappa shape index (κ1) is 11.3. The molecule has 0 radical (unpaired) electrons. The number of primary amides is 1. The zero-order valence-electron chi connectivity index (χ0n) is 9.03. The van der Waals surface area contributed by atoms with Crippen molar-refractivity contribution in [2.24, 2.45) is 5.73 Å². The van der Waals surface area contributed by atoms with E-state index in [1.54, 1.807) is 6.20 Å². The molecule has 0 aliphatic rings. The van der Waals surface area contributed by atoms with Gasteiger partial charge in [0.1, 0.15) is 0 Å². The lowest BCUT2D eigenvalue weighted by Gasteiger charge is -2.07. The molecule has 0 unspecified atom stereocenters. The van der Waals surface area contributed by atoms with Crippen LogP contribution in [0, 0.1) is 0 Å². The van der Waals surface area contributed by atoms with Crippen LogP contribution >= 0.6 is 0 Å². The fourth-order valence-corrected chi connectivity index (χ4v) is 1.16. The average Bonchev–Trinajstić information content (AvgIpc) is 2.18. The lowest BCUT2D eigenvalue weighted by molar-refractivity contribution is -0.112. The van der Waals surface area contributed by atoms with Gasteiger partial charge >= 0.3 is 0 Å². The van der Waals surface area contributed by atoms with E-state index < -0.39 is 5.91 Å². The zero-order valence-corrected chi connectivity index (χ0v) is 9.03. The van der Waals surface area contributed by atoms with Crippen molar-refractivity contribution in [2.75, 3.05) is 0 Å². The molecule has 3 N–H and O–H groups in total. The summed E-state index contributed by atoms with van der Waals surface area (Å²) < 4.78 is 0. The second kappa shape index (κ2) is 5.20. The number of hydrogen-bond donors (Lipinski definition) is 2. The molecule has 0 bridgehead atoms. The van der Waals surface area contributed by atoms with Gasteiger partial charge < -0.3 is 11.1 Å². The summed E-state index contributed by atoms with van der Waals surface area (Å²) in [7, 11) is 0. The molecule has 0 aliphatic heterocycles. The van der Waals surface area contributed by atoms with Gasteiger partial charge in [0.15, 0.2) is 0 Å². The molecular formula is C12H16N2O.